The summed E-state index contributed by atoms with van der Waals surface area (Å²) in [5.74, 6) is 1.49. The van der Waals surface area contributed by atoms with Crippen molar-refractivity contribution in [1.29, 1.82) is 0 Å². The van der Waals surface area contributed by atoms with Gasteiger partial charge in [0.2, 0.25) is 0 Å². The molecule has 0 aliphatic heterocycles. The molecule has 0 heterocycles. The van der Waals surface area contributed by atoms with Crippen molar-refractivity contribution >= 4 is 0 Å². The van der Waals surface area contributed by atoms with E-state index in [2.05, 4.69) is 6.92 Å². The molecule has 1 saturated carbocycles. The Hall–Kier alpha value is -0.0800. The van der Waals surface area contributed by atoms with Crippen LogP contribution in [-0.4, -0.2) is 19.8 Å². The highest BCUT2D eigenvalue weighted by Crippen LogP contribution is 2.30. The number of hydrogen-bond acceptors (Lipinski definition) is 2. The van der Waals surface area contributed by atoms with Gasteiger partial charge in [0.15, 0.2) is 0 Å². The molecule has 0 saturated heterocycles. The second-order valence-corrected chi connectivity index (χ2v) is 4.47. The zero-order valence-corrected chi connectivity index (χ0v) is 9.50. The van der Waals surface area contributed by atoms with Crippen LogP contribution in [0.25, 0.3) is 0 Å². The van der Waals surface area contributed by atoms with E-state index < -0.39 is 0 Å². The van der Waals surface area contributed by atoms with Crippen LogP contribution in [0.2, 0.25) is 0 Å². The van der Waals surface area contributed by atoms with Crippen LogP contribution in [0.15, 0.2) is 0 Å². The van der Waals surface area contributed by atoms with E-state index in [-0.39, 0.29) is 0 Å². The Balaban J connectivity index is 2.00. The van der Waals surface area contributed by atoms with Crippen LogP contribution in [0.5, 0.6) is 0 Å². The molecule has 2 unspecified atom stereocenters. The summed E-state index contributed by atoms with van der Waals surface area (Å²) in [6.45, 7) is 4.97. The maximum atomic E-state index is 5.72. The highest BCUT2D eigenvalue weighted by atomic mass is 16.5. The number of unbranched alkanes of at least 4 members (excludes halogenated alkanes) is 2. The maximum absolute atomic E-state index is 5.72. The van der Waals surface area contributed by atoms with Gasteiger partial charge in [-0.15, -0.1) is 0 Å². The maximum Gasteiger partial charge on any atom is 0.0497 e. The molecule has 1 aliphatic carbocycles. The molecule has 84 valence electrons. The van der Waals surface area contributed by atoms with Crippen molar-refractivity contribution in [3.8, 4) is 0 Å². The van der Waals surface area contributed by atoms with Crippen molar-refractivity contribution in [3.05, 3.63) is 0 Å². The lowest BCUT2D eigenvalue weighted by Gasteiger charge is -2.17. The fourth-order valence-corrected chi connectivity index (χ4v) is 2.33. The molecule has 2 heteroatoms. The molecule has 0 spiro atoms. The molecule has 14 heavy (non-hydrogen) atoms. The van der Waals surface area contributed by atoms with Crippen LogP contribution in [0.4, 0.5) is 0 Å². The topological polar surface area (TPSA) is 35.2 Å². The van der Waals surface area contributed by atoms with Crippen LogP contribution in [0.1, 0.15) is 45.4 Å². The first kappa shape index (κ1) is 12.0. The lowest BCUT2D eigenvalue weighted by molar-refractivity contribution is 0.0843. The second-order valence-electron chi connectivity index (χ2n) is 4.47. The van der Waals surface area contributed by atoms with Crippen molar-refractivity contribution in [2.45, 2.75) is 45.4 Å². The second kappa shape index (κ2) is 7.24. The summed E-state index contributed by atoms with van der Waals surface area (Å²) >= 11 is 0. The SMILES string of the molecule is CCCCCOCC1CCCC1CN. The molecule has 2 N–H and O–H groups in total. The smallest absolute Gasteiger partial charge is 0.0497 e. The van der Waals surface area contributed by atoms with Crippen molar-refractivity contribution < 1.29 is 4.74 Å². The lowest BCUT2D eigenvalue weighted by Crippen LogP contribution is -2.22. The Bertz CT molecular complexity index is 138. The quantitative estimate of drug-likeness (QED) is 0.640. The fourth-order valence-electron chi connectivity index (χ4n) is 2.33. The lowest BCUT2D eigenvalue weighted by atomic mass is 9.97. The summed E-state index contributed by atoms with van der Waals surface area (Å²) < 4.78 is 5.70. The molecule has 0 amide bonds. The summed E-state index contributed by atoms with van der Waals surface area (Å²) in [7, 11) is 0. The van der Waals surface area contributed by atoms with E-state index in [0.29, 0.717) is 0 Å². The average molecular weight is 199 g/mol. The minimum absolute atomic E-state index is 0.737. The third-order valence-corrected chi connectivity index (χ3v) is 3.34. The van der Waals surface area contributed by atoms with Crippen molar-refractivity contribution in [2.24, 2.45) is 17.6 Å². The van der Waals surface area contributed by atoms with Crippen molar-refractivity contribution in [3.63, 3.8) is 0 Å². The van der Waals surface area contributed by atoms with Gasteiger partial charge in [0, 0.05) is 13.2 Å². The van der Waals surface area contributed by atoms with Gasteiger partial charge in [-0.1, -0.05) is 26.2 Å². The summed E-state index contributed by atoms with van der Waals surface area (Å²) in [4.78, 5) is 0. The number of ether oxygens (including phenoxy) is 1. The van der Waals surface area contributed by atoms with E-state index in [9.17, 15) is 0 Å². The molecule has 1 rings (SSSR count). The third-order valence-electron chi connectivity index (χ3n) is 3.34. The van der Waals surface area contributed by atoms with Crippen LogP contribution in [0.3, 0.4) is 0 Å². The zero-order chi connectivity index (χ0) is 10.2. The van der Waals surface area contributed by atoms with Gasteiger partial charge in [-0.05, 0) is 37.6 Å². The first-order valence-corrected chi connectivity index (χ1v) is 6.16. The molecule has 0 aromatic rings. The molecule has 2 nitrogen and oxygen atoms in total. The Labute approximate surface area is 88.2 Å². The van der Waals surface area contributed by atoms with Crippen LogP contribution >= 0.6 is 0 Å². The van der Waals surface area contributed by atoms with E-state index in [1.54, 1.807) is 0 Å². The Morgan fingerprint density at radius 2 is 2.00 bits per heavy atom. The predicted molar refractivity (Wildman–Crippen MR) is 60.2 cm³/mol. The van der Waals surface area contributed by atoms with Gasteiger partial charge < -0.3 is 10.5 Å². The molecule has 0 aromatic carbocycles. The molecule has 1 fully saturated rings. The van der Waals surface area contributed by atoms with Gasteiger partial charge in [0.1, 0.15) is 0 Å². The molecule has 1 aliphatic rings. The van der Waals surface area contributed by atoms with Crippen LogP contribution < -0.4 is 5.73 Å². The monoisotopic (exact) mass is 199 g/mol. The van der Waals surface area contributed by atoms with E-state index in [1.165, 1.54) is 38.5 Å². The number of hydrogen-bond donors (Lipinski definition) is 1. The van der Waals surface area contributed by atoms with E-state index in [0.717, 1.165) is 31.6 Å². The van der Waals surface area contributed by atoms with E-state index >= 15 is 0 Å². The van der Waals surface area contributed by atoms with Gasteiger partial charge >= 0.3 is 0 Å². The Kier molecular flexibility index (Phi) is 6.20. The van der Waals surface area contributed by atoms with Crippen LogP contribution in [0, 0.1) is 11.8 Å². The predicted octanol–water partition coefficient (Wildman–Crippen LogP) is 2.57. The third kappa shape index (κ3) is 3.97. The van der Waals surface area contributed by atoms with Gasteiger partial charge in [-0.2, -0.15) is 0 Å². The van der Waals surface area contributed by atoms with Gasteiger partial charge in [0.05, 0.1) is 0 Å². The van der Waals surface area contributed by atoms with E-state index in [4.69, 9.17) is 10.5 Å². The standard InChI is InChI=1S/C12H25NO/c1-2-3-4-8-14-10-12-7-5-6-11(12)9-13/h11-12H,2-10,13H2,1H3. The summed E-state index contributed by atoms with van der Waals surface area (Å²) in [5.41, 5.74) is 5.72. The van der Waals surface area contributed by atoms with Crippen molar-refractivity contribution in [2.75, 3.05) is 19.8 Å². The zero-order valence-electron chi connectivity index (χ0n) is 9.50. The molecule has 0 radical (unpaired) electrons. The van der Waals surface area contributed by atoms with Gasteiger partial charge in [0.25, 0.3) is 0 Å². The number of nitrogens with two attached hydrogens (primary N) is 1. The molecule has 0 bridgehead atoms. The van der Waals surface area contributed by atoms with Gasteiger partial charge in [-0.3, -0.25) is 0 Å². The highest BCUT2D eigenvalue weighted by molar-refractivity contribution is 4.77. The molecular formula is C12H25NO. The Morgan fingerprint density at radius 3 is 2.71 bits per heavy atom. The summed E-state index contributed by atoms with van der Waals surface area (Å²) in [6, 6.07) is 0. The minimum atomic E-state index is 0.737. The summed E-state index contributed by atoms with van der Waals surface area (Å²) in [6.07, 6.45) is 7.79. The summed E-state index contributed by atoms with van der Waals surface area (Å²) in [5, 5.41) is 0. The average Bonchev–Trinajstić information content (AvgIpc) is 2.65. The molecule has 2 atom stereocenters. The fraction of sp³-hybridized carbons (Fsp3) is 1.00. The molecular weight excluding hydrogens is 174 g/mol. The number of rotatable bonds is 7. The van der Waals surface area contributed by atoms with Gasteiger partial charge in [-0.25, -0.2) is 0 Å². The minimum Gasteiger partial charge on any atom is -0.381 e. The van der Waals surface area contributed by atoms with Crippen molar-refractivity contribution in [1.82, 2.24) is 0 Å². The highest BCUT2D eigenvalue weighted by Gasteiger charge is 2.25. The van der Waals surface area contributed by atoms with E-state index in [1.807, 2.05) is 0 Å². The normalized spacial score (nSPS) is 27.0. The first-order chi connectivity index (χ1) is 6.88. The molecule has 0 aromatic heterocycles. The Morgan fingerprint density at radius 1 is 1.21 bits per heavy atom. The first-order valence-electron chi connectivity index (χ1n) is 6.16. The largest absolute Gasteiger partial charge is 0.381 e. The van der Waals surface area contributed by atoms with Crippen LogP contribution in [-0.2, 0) is 4.74 Å².